The van der Waals surface area contributed by atoms with Crippen molar-refractivity contribution in [2.75, 3.05) is 19.7 Å². The number of amides is 1. The molecule has 6 nitrogen and oxygen atoms in total. The highest BCUT2D eigenvalue weighted by atomic mass is 16.5. The molecule has 2 aliphatic rings. The molecule has 3 atom stereocenters. The van der Waals surface area contributed by atoms with Crippen molar-refractivity contribution < 1.29 is 19.7 Å². The minimum Gasteiger partial charge on any atom is -0.493 e. The van der Waals surface area contributed by atoms with Gasteiger partial charge in [0, 0.05) is 31.6 Å². The maximum atomic E-state index is 13.0. The lowest BCUT2D eigenvalue weighted by molar-refractivity contribution is -0.124. The van der Waals surface area contributed by atoms with Gasteiger partial charge in [0.2, 0.25) is 0 Å². The summed E-state index contributed by atoms with van der Waals surface area (Å²) in [5.41, 5.74) is 7.83. The molecule has 1 heterocycles. The zero-order valence-corrected chi connectivity index (χ0v) is 21.7. The first-order valence-electron chi connectivity index (χ1n) is 13.5. The predicted octanol–water partition coefficient (Wildman–Crippen LogP) is 4.48. The molecule has 6 heteroatoms. The predicted molar refractivity (Wildman–Crippen MR) is 142 cm³/mol. The van der Waals surface area contributed by atoms with Crippen molar-refractivity contribution in [2.24, 2.45) is 17.6 Å². The van der Waals surface area contributed by atoms with Gasteiger partial charge in [-0.1, -0.05) is 38.1 Å². The Morgan fingerprint density at radius 3 is 2.50 bits per heavy atom. The number of piperidine rings is 1. The number of hydrogen-bond acceptors (Lipinski definition) is 5. The first-order valence-corrected chi connectivity index (χ1v) is 13.5. The number of likely N-dealkylation sites (tertiary alicyclic amines) is 1. The summed E-state index contributed by atoms with van der Waals surface area (Å²) in [6.45, 7) is 6.70. The normalized spacial score (nSPS) is 25.2. The van der Waals surface area contributed by atoms with Gasteiger partial charge >= 0.3 is 0 Å². The van der Waals surface area contributed by atoms with E-state index in [9.17, 15) is 15.0 Å². The van der Waals surface area contributed by atoms with Gasteiger partial charge in [0.1, 0.15) is 5.75 Å². The molecule has 2 fully saturated rings. The molecule has 1 aliphatic carbocycles. The molecular weight excluding hydrogens is 452 g/mol. The highest BCUT2D eigenvalue weighted by Crippen LogP contribution is 2.38. The summed E-state index contributed by atoms with van der Waals surface area (Å²) in [5, 5.41) is 21.4. The van der Waals surface area contributed by atoms with Crippen molar-refractivity contribution in [3.8, 4) is 5.75 Å². The molecule has 2 aromatic carbocycles. The topological polar surface area (TPSA) is 96.0 Å². The van der Waals surface area contributed by atoms with E-state index in [1.165, 1.54) is 5.56 Å². The second kappa shape index (κ2) is 11.8. The second-order valence-corrected chi connectivity index (χ2v) is 11.0. The summed E-state index contributed by atoms with van der Waals surface area (Å²) in [5.74, 6) is 2.15. The molecule has 36 heavy (non-hydrogen) atoms. The smallest absolute Gasteiger partial charge is 0.253 e. The van der Waals surface area contributed by atoms with Crippen LogP contribution in [-0.2, 0) is 6.54 Å². The van der Waals surface area contributed by atoms with Crippen molar-refractivity contribution >= 4 is 5.91 Å². The summed E-state index contributed by atoms with van der Waals surface area (Å²) in [6, 6.07) is 15.7. The molecule has 0 spiro atoms. The SMILES string of the molecule is CC(C)C1CC[C@@](O)(CCOc2ccc(C(=O)N3CCC(c4cccc(CN)c4)CC3)cc2)[C@H](O)C1. The van der Waals surface area contributed by atoms with Gasteiger partial charge in [-0.15, -0.1) is 0 Å². The third-order valence-corrected chi connectivity index (χ3v) is 8.38. The van der Waals surface area contributed by atoms with E-state index in [-0.39, 0.29) is 5.91 Å². The lowest BCUT2D eigenvalue weighted by Crippen LogP contribution is -2.48. The lowest BCUT2D eigenvalue weighted by Gasteiger charge is -2.41. The van der Waals surface area contributed by atoms with E-state index in [1.807, 2.05) is 29.2 Å². The van der Waals surface area contributed by atoms with E-state index >= 15 is 0 Å². The summed E-state index contributed by atoms with van der Waals surface area (Å²) in [4.78, 5) is 15.0. The van der Waals surface area contributed by atoms with Crippen LogP contribution in [-0.4, -0.2) is 52.4 Å². The highest BCUT2D eigenvalue weighted by Gasteiger charge is 2.41. The van der Waals surface area contributed by atoms with Crippen molar-refractivity contribution in [1.82, 2.24) is 4.90 Å². The number of rotatable bonds is 8. The van der Waals surface area contributed by atoms with Crippen LogP contribution in [0.15, 0.2) is 48.5 Å². The maximum absolute atomic E-state index is 13.0. The van der Waals surface area contributed by atoms with Gasteiger partial charge in [-0.2, -0.15) is 0 Å². The number of ether oxygens (including phenoxy) is 1. The van der Waals surface area contributed by atoms with Crippen LogP contribution in [0.25, 0.3) is 0 Å². The Balaban J connectivity index is 1.24. The van der Waals surface area contributed by atoms with Gasteiger partial charge in [-0.3, -0.25) is 4.79 Å². The fraction of sp³-hybridized carbons (Fsp3) is 0.567. The quantitative estimate of drug-likeness (QED) is 0.503. The average Bonchev–Trinajstić information content (AvgIpc) is 2.90. The number of nitrogens with two attached hydrogens (primary N) is 1. The molecule has 4 rings (SSSR count). The largest absolute Gasteiger partial charge is 0.493 e. The number of benzene rings is 2. The summed E-state index contributed by atoms with van der Waals surface area (Å²) in [7, 11) is 0. The summed E-state index contributed by atoms with van der Waals surface area (Å²) < 4.78 is 5.85. The molecule has 196 valence electrons. The Bertz CT molecular complexity index is 1000. The second-order valence-electron chi connectivity index (χ2n) is 11.0. The van der Waals surface area contributed by atoms with Gasteiger partial charge in [0.05, 0.1) is 18.3 Å². The Labute approximate surface area is 215 Å². The molecule has 1 amide bonds. The van der Waals surface area contributed by atoms with Crippen LogP contribution in [0.1, 0.15) is 79.8 Å². The van der Waals surface area contributed by atoms with E-state index in [0.717, 1.165) is 37.9 Å². The number of aliphatic hydroxyl groups excluding tert-OH is 1. The molecular formula is C30H42N2O4. The van der Waals surface area contributed by atoms with E-state index in [1.54, 1.807) is 0 Å². The molecule has 0 bridgehead atoms. The number of hydrogen-bond donors (Lipinski definition) is 3. The molecule has 0 aromatic heterocycles. The maximum Gasteiger partial charge on any atom is 0.253 e. The summed E-state index contributed by atoms with van der Waals surface area (Å²) >= 11 is 0. The number of aliphatic hydroxyl groups is 2. The van der Waals surface area contributed by atoms with Gasteiger partial charge in [0.15, 0.2) is 0 Å². The molecule has 4 N–H and O–H groups in total. The van der Waals surface area contributed by atoms with E-state index < -0.39 is 11.7 Å². The van der Waals surface area contributed by atoms with Crippen molar-refractivity contribution in [3.05, 3.63) is 65.2 Å². The molecule has 0 radical (unpaired) electrons. The first-order chi connectivity index (χ1) is 17.3. The monoisotopic (exact) mass is 494 g/mol. The lowest BCUT2D eigenvalue weighted by atomic mass is 9.71. The third kappa shape index (κ3) is 6.28. The Morgan fingerprint density at radius 1 is 1.14 bits per heavy atom. The van der Waals surface area contributed by atoms with E-state index in [2.05, 4.69) is 38.1 Å². The number of carbonyl (C=O) groups is 1. The van der Waals surface area contributed by atoms with Crippen LogP contribution in [0.3, 0.4) is 0 Å². The van der Waals surface area contributed by atoms with E-state index in [4.69, 9.17) is 10.5 Å². The molecule has 1 saturated carbocycles. The zero-order valence-electron chi connectivity index (χ0n) is 21.7. The van der Waals surface area contributed by atoms with Crippen LogP contribution in [0.2, 0.25) is 0 Å². The van der Waals surface area contributed by atoms with Gasteiger partial charge in [-0.25, -0.2) is 0 Å². The first kappa shape index (κ1) is 26.6. The van der Waals surface area contributed by atoms with Crippen LogP contribution in [0.5, 0.6) is 5.75 Å². The molecule has 2 aromatic rings. The minimum atomic E-state index is -1.08. The average molecular weight is 495 g/mol. The van der Waals surface area contributed by atoms with Crippen molar-refractivity contribution in [1.29, 1.82) is 0 Å². The Morgan fingerprint density at radius 2 is 1.86 bits per heavy atom. The Hall–Kier alpha value is -2.41. The van der Waals surface area contributed by atoms with Crippen LogP contribution in [0, 0.1) is 11.8 Å². The van der Waals surface area contributed by atoms with E-state index in [0.29, 0.717) is 61.5 Å². The standard InChI is InChI=1S/C30H42N2O4/c1-21(2)25-10-13-30(35,28(33)19-25)14-17-36-27-8-6-24(7-9-27)29(34)32-15-11-23(12-16-32)26-5-3-4-22(18-26)20-31/h3-9,18,21,23,25,28,33,35H,10-17,19-20,31H2,1-2H3/t25?,28-,30-/m1/s1. The van der Waals surface area contributed by atoms with Crippen molar-refractivity contribution in [3.63, 3.8) is 0 Å². The summed E-state index contributed by atoms with van der Waals surface area (Å²) in [6.07, 6.45) is 3.75. The fourth-order valence-electron chi connectivity index (χ4n) is 5.73. The molecule has 1 unspecified atom stereocenters. The number of carbonyl (C=O) groups excluding carboxylic acids is 1. The van der Waals surface area contributed by atoms with Crippen LogP contribution >= 0.6 is 0 Å². The highest BCUT2D eigenvalue weighted by molar-refractivity contribution is 5.94. The molecule has 1 aliphatic heterocycles. The van der Waals surface area contributed by atoms with Crippen LogP contribution in [0.4, 0.5) is 0 Å². The Kier molecular flexibility index (Phi) is 8.70. The minimum absolute atomic E-state index is 0.0510. The van der Waals surface area contributed by atoms with Gasteiger partial charge < -0.3 is 25.6 Å². The van der Waals surface area contributed by atoms with Crippen molar-refractivity contribution in [2.45, 2.75) is 76.5 Å². The third-order valence-electron chi connectivity index (χ3n) is 8.38. The zero-order chi connectivity index (χ0) is 25.7. The van der Waals surface area contributed by atoms with Crippen LogP contribution < -0.4 is 10.5 Å². The number of nitrogens with zero attached hydrogens (tertiary/aromatic N) is 1. The fourth-order valence-corrected chi connectivity index (χ4v) is 5.73. The van der Waals surface area contributed by atoms with Gasteiger partial charge in [-0.05, 0) is 85.3 Å². The van der Waals surface area contributed by atoms with Gasteiger partial charge in [0.25, 0.3) is 5.91 Å². The molecule has 1 saturated heterocycles.